The molecule has 0 atom stereocenters. The quantitative estimate of drug-likeness (QED) is 0.780. The summed E-state index contributed by atoms with van der Waals surface area (Å²) in [5, 5.41) is 7.52. The first-order chi connectivity index (χ1) is 9.20. The third-order valence-corrected chi connectivity index (χ3v) is 2.68. The van der Waals surface area contributed by atoms with Crippen LogP contribution in [0.3, 0.4) is 0 Å². The SMILES string of the molecule is COC(=O)c1nnn(-c2ccc3c(c2)OCO3)c1N. The molecule has 0 spiro atoms. The van der Waals surface area contributed by atoms with E-state index in [1.165, 1.54) is 11.8 Å². The van der Waals surface area contributed by atoms with Crippen molar-refractivity contribution in [2.75, 3.05) is 19.6 Å². The fourth-order valence-corrected chi connectivity index (χ4v) is 1.74. The van der Waals surface area contributed by atoms with Crippen molar-refractivity contribution in [1.82, 2.24) is 15.0 Å². The van der Waals surface area contributed by atoms with Crippen LogP contribution in [-0.2, 0) is 4.74 Å². The topological polar surface area (TPSA) is 101 Å². The van der Waals surface area contributed by atoms with Crippen molar-refractivity contribution in [3.63, 3.8) is 0 Å². The zero-order valence-corrected chi connectivity index (χ0v) is 9.99. The van der Waals surface area contributed by atoms with Gasteiger partial charge in [0.1, 0.15) is 0 Å². The van der Waals surface area contributed by atoms with E-state index in [4.69, 9.17) is 15.2 Å². The summed E-state index contributed by atoms with van der Waals surface area (Å²) in [7, 11) is 1.25. The fourth-order valence-electron chi connectivity index (χ4n) is 1.74. The van der Waals surface area contributed by atoms with E-state index in [0.717, 1.165) is 0 Å². The molecular weight excluding hydrogens is 252 g/mol. The van der Waals surface area contributed by atoms with Gasteiger partial charge in [-0.1, -0.05) is 5.21 Å². The van der Waals surface area contributed by atoms with E-state index in [1.807, 2.05) is 0 Å². The van der Waals surface area contributed by atoms with Crippen LogP contribution in [0.5, 0.6) is 11.5 Å². The van der Waals surface area contributed by atoms with E-state index in [2.05, 4.69) is 15.0 Å². The minimum atomic E-state index is -0.635. The maximum Gasteiger partial charge on any atom is 0.362 e. The molecule has 0 fully saturated rings. The Hall–Kier alpha value is -2.77. The van der Waals surface area contributed by atoms with Crippen molar-refractivity contribution >= 4 is 11.8 Å². The Balaban J connectivity index is 2.03. The minimum Gasteiger partial charge on any atom is -0.464 e. The van der Waals surface area contributed by atoms with E-state index >= 15 is 0 Å². The van der Waals surface area contributed by atoms with Crippen molar-refractivity contribution in [2.24, 2.45) is 0 Å². The highest BCUT2D eigenvalue weighted by atomic mass is 16.7. The molecule has 1 aromatic heterocycles. The van der Waals surface area contributed by atoms with Gasteiger partial charge in [0.2, 0.25) is 12.5 Å². The zero-order valence-electron chi connectivity index (χ0n) is 9.99. The third-order valence-electron chi connectivity index (χ3n) is 2.68. The number of nitrogen functional groups attached to an aromatic ring is 1. The monoisotopic (exact) mass is 262 g/mol. The lowest BCUT2D eigenvalue weighted by molar-refractivity contribution is 0.0595. The predicted octanol–water partition coefficient (Wildman–Crippen LogP) is 0.365. The van der Waals surface area contributed by atoms with E-state index < -0.39 is 5.97 Å². The smallest absolute Gasteiger partial charge is 0.362 e. The molecule has 0 saturated heterocycles. The molecule has 1 aromatic carbocycles. The van der Waals surface area contributed by atoms with Crippen LogP contribution >= 0.6 is 0 Å². The molecule has 0 unspecified atom stereocenters. The van der Waals surface area contributed by atoms with Gasteiger partial charge in [0, 0.05) is 6.07 Å². The molecule has 0 saturated carbocycles. The second-order valence-corrected chi connectivity index (χ2v) is 3.76. The summed E-state index contributed by atoms with van der Waals surface area (Å²) < 4.78 is 16.4. The summed E-state index contributed by atoms with van der Waals surface area (Å²) in [5.41, 5.74) is 6.41. The first kappa shape index (κ1) is 11.3. The van der Waals surface area contributed by atoms with Gasteiger partial charge in [0.15, 0.2) is 17.3 Å². The lowest BCUT2D eigenvalue weighted by Crippen LogP contribution is -2.07. The Morgan fingerprint density at radius 2 is 2.21 bits per heavy atom. The number of anilines is 1. The first-order valence-corrected chi connectivity index (χ1v) is 5.40. The van der Waals surface area contributed by atoms with Gasteiger partial charge in [-0.3, -0.25) is 0 Å². The number of benzene rings is 1. The fraction of sp³-hybridized carbons (Fsp3) is 0.182. The number of rotatable bonds is 2. The highest BCUT2D eigenvalue weighted by Gasteiger charge is 2.20. The number of methoxy groups -OCH3 is 1. The third kappa shape index (κ3) is 1.73. The Morgan fingerprint density at radius 3 is 3.00 bits per heavy atom. The highest BCUT2D eigenvalue weighted by molar-refractivity contribution is 5.92. The number of carbonyl (C=O) groups excluding carboxylic acids is 1. The molecule has 1 aliphatic heterocycles. The van der Waals surface area contributed by atoms with Crippen LogP contribution in [0.4, 0.5) is 5.82 Å². The number of fused-ring (bicyclic) bond motifs is 1. The van der Waals surface area contributed by atoms with Crippen LogP contribution in [0.15, 0.2) is 18.2 Å². The van der Waals surface area contributed by atoms with Crippen LogP contribution < -0.4 is 15.2 Å². The largest absolute Gasteiger partial charge is 0.464 e. The summed E-state index contributed by atoms with van der Waals surface area (Å²) in [5.74, 6) is 0.706. The van der Waals surface area contributed by atoms with Crippen molar-refractivity contribution in [3.05, 3.63) is 23.9 Å². The molecule has 3 rings (SSSR count). The minimum absolute atomic E-state index is 0.0276. The Kier molecular flexibility index (Phi) is 2.48. The van der Waals surface area contributed by atoms with E-state index in [-0.39, 0.29) is 18.3 Å². The number of esters is 1. The lowest BCUT2D eigenvalue weighted by atomic mass is 10.3. The highest BCUT2D eigenvalue weighted by Crippen LogP contribution is 2.34. The molecule has 8 heteroatoms. The average molecular weight is 262 g/mol. The Labute approximate surface area is 107 Å². The van der Waals surface area contributed by atoms with Crippen molar-refractivity contribution in [1.29, 1.82) is 0 Å². The first-order valence-electron chi connectivity index (χ1n) is 5.40. The van der Waals surface area contributed by atoms with Crippen molar-refractivity contribution in [2.45, 2.75) is 0 Å². The molecule has 2 heterocycles. The predicted molar refractivity (Wildman–Crippen MR) is 63.2 cm³/mol. The zero-order chi connectivity index (χ0) is 13.4. The molecule has 2 N–H and O–H groups in total. The summed E-state index contributed by atoms with van der Waals surface area (Å²) in [6, 6.07) is 5.17. The Morgan fingerprint density at radius 1 is 1.42 bits per heavy atom. The van der Waals surface area contributed by atoms with Gasteiger partial charge in [-0.2, -0.15) is 4.68 Å². The molecular formula is C11H10N4O4. The van der Waals surface area contributed by atoms with Gasteiger partial charge in [-0.05, 0) is 12.1 Å². The molecule has 0 amide bonds. The van der Waals surface area contributed by atoms with Crippen LogP contribution in [-0.4, -0.2) is 34.9 Å². The number of nitrogens with two attached hydrogens (primary N) is 1. The van der Waals surface area contributed by atoms with E-state index in [0.29, 0.717) is 17.2 Å². The van der Waals surface area contributed by atoms with Crippen LogP contribution in [0.1, 0.15) is 10.5 Å². The molecule has 98 valence electrons. The molecule has 8 nitrogen and oxygen atoms in total. The number of ether oxygens (including phenoxy) is 3. The summed E-state index contributed by atoms with van der Waals surface area (Å²) in [6.07, 6.45) is 0. The van der Waals surface area contributed by atoms with Crippen LogP contribution in [0.2, 0.25) is 0 Å². The molecule has 1 aliphatic rings. The van der Waals surface area contributed by atoms with Gasteiger partial charge < -0.3 is 19.9 Å². The Bertz CT molecular complexity index is 652. The molecule has 19 heavy (non-hydrogen) atoms. The number of hydrogen-bond donors (Lipinski definition) is 1. The van der Waals surface area contributed by atoms with Crippen molar-refractivity contribution in [3.8, 4) is 17.2 Å². The van der Waals surface area contributed by atoms with Crippen LogP contribution in [0, 0.1) is 0 Å². The average Bonchev–Trinajstić information content (AvgIpc) is 3.03. The molecule has 2 aromatic rings. The molecule has 0 radical (unpaired) electrons. The second-order valence-electron chi connectivity index (χ2n) is 3.76. The van der Waals surface area contributed by atoms with E-state index in [1.54, 1.807) is 18.2 Å². The summed E-state index contributed by atoms with van der Waals surface area (Å²) in [4.78, 5) is 11.4. The molecule has 0 bridgehead atoms. The normalized spacial score (nSPS) is 12.5. The number of carbonyl (C=O) groups is 1. The second kappa shape index (κ2) is 4.16. The maximum atomic E-state index is 11.4. The molecule has 0 aliphatic carbocycles. The van der Waals surface area contributed by atoms with Gasteiger partial charge in [0.25, 0.3) is 0 Å². The standard InChI is InChI=1S/C11H10N4O4/c1-17-11(16)9-10(12)15(14-13-9)6-2-3-7-8(4-6)19-5-18-7/h2-4H,5,12H2,1H3. The number of nitrogens with zero attached hydrogens (tertiary/aromatic N) is 3. The number of aromatic nitrogens is 3. The van der Waals surface area contributed by atoms with Gasteiger partial charge >= 0.3 is 5.97 Å². The van der Waals surface area contributed by atoms with Crippen LogP contribution in [0.25, 0.3) is 5.69 Å². The van der Waals surface area contributed by atoms with Crippen molar-refractivity contribution < 1.29 is 19.0 Å². The van der Waals surface area contributed by atoms with Gasteiger partial charge in [-0.15, -0.1) is 5.10 Å². The van der Waals surface area contributed by atoms with Gasteiger partial charge in [0.05, 0.1) is 12.8 Å². The lowest BCUT2D eigenvalue weighted by Gasteiger charge is -2.04. The van der Waals surface area contributed by atoms with Gasteiger partial charge in [-0.25, -0.2) is 4.79 Å². The van der Waals surface area contributed by atoms with E-state index in [9.17, 15) is 4.79 Å². The summed E-state index contributed by atoms with van der Waals surface area (Å²) in [6.45, 7) is 0.180. The maximum absolute atomic E-state index is 11.4. The summed E-state index contributed by atoms with van der Waals surface area (Å²) >= 11 is 0. The number of hydrogen-bond acceptors (Lipinski definition) is 7.